The Morgan fingerprint density at radius 3 is 2.33 bits per heavy atom. The number of alkyl halides is 2. The number of amides is 1. The molecular formula is C15H18Cl2N2O2. The summed E-state index contributed by atoms with van der Waals surface area (Å²) in [5.74, 6) is -0.133. The van der Waals surface area contributed by atoms with Crippen LogP contribution in [-0.4, -0.2) is 36.5 Å². The Bertz CT molecular complexity index is 541. The second kappa shape index (κ2) is 5.34. The quantitative estimate of drug-likeness (QED) is 0.867. The van der Waals surface area contributed by atoms with Crippen LogP contribution in [0.15, 0.2) is 24.3 Å². The third kappa shape index (κ3) is 2.85. The van der Waals surface area contributed by atoms with E-state index in [0.717, 1.165) is 37.7 Å². The molecule has 0 aromatic heterocycles. The fourth-order valence-corrected chi connectivity index (χ4v) is 3.20. The Balaban J connectivity index is 1.63. The highest BCUT2D eigenvalue weighted by Crippen LogP contribution is 2.64. The lowest BCUT2D eigenvalue weighted by atomic mass is 10.1. The zero-order chi connectivity index (χ0) is 15.1. The first-order valence-electron chi connectivity index (χ1n) is 7.04. The molecule has 1 unspecified atom stereocenters. The summed E-state index contributed by atoms with van der Waals surface area (Å²) in [6.07, 6.45) is 0.487. The first kappa shape index (κ1) is 14.9. The van der Waals surface area contributed by atoms with Crippen molar-refractivity contribution in [2.45, 2.75) is 17.7 Å². The third-order valence-electron chi connectivity index (χ3n) is 4.26. The number of ether oxygens (including phenoxy) is 1. The SMILES string of the molecule is CC1(C(=O)Nc2ccc(N3CCOCC3)cc2)CC1(Cl)Cl. The zero-order valence-corrected chi connectivity index (χ0v) is 13.4. The van der Waals surface area contributed by atoms with E-state index in [9.17, 15) is 4.79 Å². The van der Waals surface area contributed by atoms with Crippen LogP contribution in [0.1, 0.15) is 13.3 Å². The lowest BCUT2D eigenvalue weighted by molar-refractivity contribution is -0.120. The van der Waals surface area contributed by atoms with Crippen molar-refractivity contribution in [3.8, 4) is 0 Å². The summed E-state index contributed by atoms with van der Waals surface area (Å²) in [6, 6.07) is 7.81. The van der Waals surface area contributed by atoms with Crippen LogP contribution in [0.4, 0.5) is 11.4 Å². The molecule has 3 rings (SSSR count). The number of hydrogen-bond acceptors (Lipinski definition) is 3. The van der Waals surface area contributed by atoms with Gasteiger partial charge in [-0.05, 0) is 37.6 Å². The number of benzene rings is 1. The van der Waals surface area contributed by atoms with Crippen molar-refractivity contribution in [2.24, 2.45) is 5.41 Å². The molecule has 1 heterocycles. The summed E-state index contributed by atoms with van der Waals surface area (Å²) >= 11 is 12.0. The second-order valence-electron chi connectivity index (χ2n) is 5.81. The van der Waals surface area contributed by atoms with Crippen LogP contribution in [0.2, 0.25) is 0 Å². The van der Waals surface area contributed by atoms with Gasteiger partial charge in [0.05, 0.1) is 18.6 Å². The van der Waals surface area contributed by atoms with Gasteiger partial charge in [-0.2, -0.15) is 0 Å². The zero-order valence-electron chi connectivity index (χ0n) is 11.9. The van der Waals surface area contributed by atoms with Gasteiger partial charge in [-0.1, -0.05) is 0 Å². The van der Waals surface area contributed by atoms with Crippen LogP contribution >= 0.6 is 23.2 Å². The van der Waals surface area contributed by atoms with Crippen molar-refractivity contribution in [2.75, 3.05) is 36.5 Å². The van der Waals surface area contributed by atoms with Crippen molar-refractivity contribution >= 4 is 40.5 Å². The molecule has 0 spiro atoms. The molecule has 1 aliphatic carbocycles. The Labute approximate surface area is 134 Å². The molecule has 2 fully saturated rings. The number of hydrogen-bond donors (Lipinski definition) is 1. The van der Waals surface area contributed by atoms with Crippen LogP contribution in [0.25, 0.3) is 0 Å². The van der Waals surface area contributed by atoms with Gasteiger partial charge >= 0.3 is 0 Å². The van der Waals surface area contributed by atoms with E-state index in [4.69, 9.17) is 27.9 Å². The normalized spacial score (nSPS) is 27.3. The molecular weight excluding hydrogens is 311 g/mol. The maximum Gasteiger partial charge on any atom is 0.233 e. The maximum absolute atomic E-state index is 12.2. The molecule has 2 aliphatic rings. The number of morpholine rings is 1. The van der Waals surface area contributed by atoms with E-state index in [0.29, 0.717) is 6.42 Å². The molecule has 6 heteroatoms. The van der Waals surface area contributed by atoms with Crippen molar-refractivity contribution in [3.63, 3.8) is 0 Å². The van der Waals surface area contributed by atoms with Crippen molar-refractivity contribution < 1.29 is 9.53 Å². The predicted molar refractivity (Wildman–Crippen MR) is 85.3 cm³/mol. The number of nitrogens with one attached hydrogen (secondary N) is 1. The highest BCUT2D eigenvalue weighted by molar-refractivity contribution is 6.53. The number of anilines is 2. The van der Waals surface area contributed by atoms with E-state index in [2.05, 4.69) is 10.2 Å². The molecule has 1 saturated heterocycles. The molecule has 114 valence electrons. The summed E-state index contributed by atoms with van der Waals surface area (Å²) in [5.41, 5.74) is 1.20. The van der Waals surface area contributed by atoms with Crippen LogP contribution < -0.4 is 10.2 Å². The summed E-state index contributed by atoms with van der Waals surface area (Å²) in [5, 5.41) is 2.88. The molecule has 21 heavy (non-hydrogen) atoms. The average Bonchev–Trinajstić information content (AvgIpc) is 3.01. The van der Waals surface area contributed by atoms with E-state index >= 15 is 0 Å². The fraction of sp³-hybridized carbons (Fsp3) is 0.533. The summed E-state index contributed by atoms with van der Waals surface area (Å²) in [6.45, 7) is 5.08. The van der Waals surface area contributed by atoms with Gasteiger partial charge in [0.25, 0.3) is 0 Å². The lowest BCUT2D eigenvalue weighted by Gasteiger charge is -2.29. The summed E-state index contributed by atoms with van der Waals surface area (Å²) < 4.78 is 4.40. The van der Waals surface area contributed by atoms with Crippen molar-refractivity contribution in [1.29, 1.82) is 0 Å². The van der Waals surface area contributed by atoms with E-state index in [1.54, 1.807) is 6.92 Å². The Hall–Kier alpha value is -0.970. The van der Waals surface area contributed by atoms with Gasteiger partial charge in [-0.25, -0.2) is 0 Å². The second-order valence-corrected chi connectivity index (χ2v) is 7.30. The molecule has 1 amide bonds. The molecule has 4 nitrogen and oxygen atoms in total. The smallest absolute Gasteiger partial charge is 0.233 e. The number of carbonyl (C=O) groups excluding carboxylic acids is 1. The number of carbonyl (C=O) groups is 1. The van der Waals surface area contributed by atoms with Gasteiger partial charge < -0.3 is 15.0 Å². The van der Waals surface area contributed by atoms with Gasteiger partial charge in [-0.3, -0.25) is 4.79 Å². The summed E-state index contributed by atoms with van der Waals surface area (Å²) in [7, 11) is 0. The fourth-order valence-electron chi connectivity index (χ4n) is 2.49. The van der Waals surface area contributed by atoms with E-state index < -0.39 is 9.75 Å². The maximum atomic E-state index is 12.2. The van der Waals surface area contributed by atoms with Gasteiger partial charge in [0, 0.05) is 24.5 Å². The molecule has 0 radical (unpaired) electrons. The van der Waals surface area contributed by atoms with Crippen molar-refractivity contribution in [3.05, 3.63) is 24.3 Å². The van der Waals surface area contributed by atoms with Crippen LogP contribution in [0.5, 0.6) is 0 Å². The molecule has 1 aromatic carbocycles. The van der Waals surface area contributed by atoms with Crippen LogP contribution in [0.3, 0.4) is 0 Å². The minimum Gasteiger partial charge on any atom is -0.378 e. The first-order valence-corrected chi connectivity index (χ1v) is 7.80. The van der Waals surface area contributed by atoms with Gasteiger partial charge in [-0.15, -0.1) is 23.2 Å². The molecule has 1 aliphatic heterocycles. The topological polar surface area (TPSA) is 41.6 Å². The largest absolute Gasteiger partial charge is 0.378 e. The van der Waals surface area contributed by atoms with Gasteiger partial charge in [0.1, 0.15) is 4.33 Å². The molecule has 1 saturated carbocycles. The number of nitrogens with zero attached hydrogens (tertiary/aromatic N) is 1. The van der Waals surface area contributed by atoms with Gasteiger partial charge in [0.15, 0.2) is 0 Å². The van der Waals surface area contributed by atoms with Gasteiger partial charge in [0.2, 0.25) is 5.91 Å². The third-order valence-corrected chi connectivity index (χ3v) is 5.36. The molecule has 1 aromatic rings. The Morgan fingerprint density at radius 2 is 1.81 bits per heavy atom. The number of rotatable bonds is 3. The van der Waals surface area contributed by atoms with Crippen LogP contribution in [0, 0.1) is 5.41 Å². The van der Waals surface area contributed by atoms with Crippen LogP contribution in [-0.2, 0) is 9.53 Å². The van der Waals surface area contributed by atoms with E-state index in [-0.39, 0.29) is 5.91 Å². The highest BCUT2D eigenvalue weighted by Gasteiger charge is 2.67. The van der Waals surface area contributed by atoms with E-state index in [1.807, 2.05) is 24.3 Å². The first-order chi connectivity index (χ1) is 9.92. The standard InChI is InChI=1S/C15H18Cl2N2O2/c1-14(10-15(14,16)17)13(20)18-11-2-4-12(5-3-11)19-6-8-21-9-7-19/h2-5H,6-10H2,1H3,(H,18,20). The minimum absolute atomic E-state index is 0.133. The number of halogens is 2. The molecule has 1 atom stereocenters. The predicted octanol–water partition coefficient (Wildman–Crippen LogP) is 3.05. The highest BCUT2D eigenvalue weighted by atomic mass is 35.5. The molecule has 0 bridgehead atoms. The van der Waals surface area contributed by atoms with Crippen molar-refractivity contribution in [1.82, 2.24) is 0 Å². The summed E-state index contributed by atoms with van der Waals surface area (Å²) in [4.78, 5) is 14.5. The average molecular weight is 329 g/mol. The molecule has 1 N–H and O–H groups in total. The monoisotopic (exact) mass is 328 g/mol. The minimum atomic E-state index is -0.940. The Morgan fingerprint density at radius 1 is 1.24 bits per heavy atom. The Kier molecular flexibility index (Phi) is 3.80. The lowest BCUT2D eigenvalue weighted by Crippen LogP contribution is -2.36. The van der Waals surface area contributed by atoms with E-state index in [1.165, 1.54) is 0 Å².